The molecule has 2 rings (SSSR count). The molecule has 0 spiro atoms. The molecule has 1 aromatic rings. The minimum atomic E-state index is 0.0539. The molecule has 1 saturated heterocycles. The molecule has 18 heavy (non-hydrogen) atoms. The number of hydrogen-bond acceptors (Lipinski definition) is 2. The van der Waals surface area contributed by atoms with Gasteiger partial charge in [0.05, 0.1) is 16.0 Å². The van der Waals surface area contributed by atoms with Crippen LogP contribution in [0.2, 0.25) is 10.0 Å². The molecule has 98 valence electrons. The highest BCUT2D eigenvalue weighted by molar-refractivity contribution is 6.42. The molecule has 0 radical (unpaired) electrons. The van der Waals surface area contributed by atoms with Crippen molar-refractivity contribution in [3.8, 4) is 0 Å². The van der Waals surface area contributed by atoms with Crippen LogP contribution < -0.4 is 5.32 Å². The van der Waals surface area contributed by atoms with E-state index in [1.54, 1.807) is 18.2 Å². The first-order valence-electron chi connectivity index (χ1n) is 6.00. The van der Waals surface area contributed by atoms with Gasteiger partial charge < -0.3 is 10.2 Å². The Bertz CT molecular complexity index is 451. The maximum atomic E-state index is 12.1. The summed E-state index contributed by atoms with van der Waals surface area (Å²) in [5.74, 6) is 0.109. The van der Waals surface area contributed by atoms with Crippen LogP contribution in [0.5, 0.6) is 0 Å². The van der Waals surface area contributed by atoms with Gasteiger partial charge in [-0.25, -0.2) is 0 Å². The van der Waals surface area contributed by atoms with Crippen LogP contribution in [0.25, 0.3) is 0 Å². The van der Waals surface area contributed by atoms with Crippen molar-refractivity contribution >= 4 is 34.8 Å². The highest BCUT2D eigenvalue weighted by Gasteiger charge is 2.23. The van der Waals surface area contributed by atoms with Crippen LogP contribution in [0, 0.1) is 5.92 Å². The number of piperidine rings is 1. The summed E-state index contributed by atoms with van der Waals surface area (Å²) < 4.78 is 0. The minimum absolute atomic E-state index is 0.0539. The number of rotatable bonds is 2. The van der Waals surface area contributed by atoms with Gasteiger partial charge in [0.15, 0.2) is 0 Å². The molecular weight excluding hydrogens is 271 g/mol. The number of likely N-dealkylation sites (tertiary alicyclic amines) is 1. The second kappa shape index (κ2) is 5.91. The van der Waals surface area contributed by atoms with Crippen molar-refractivity contribution in [2.24, 2.45) is 5.92 Å². The van der Waals surface area contributed by atoms with Gasteiger partial charge in [0.25, 0.3) is 0 Å². The summed E-state index contributed by atoms with van der Waals surface area (Å²) >= 11 is 11.7. The normalized spacial score (nSPS) is 20.7. The van der Waals surface area contributed by atoms with Gasteiger partial charge in [0.1, 0.15) is 0 Å². The second-order valence-corrected chi connectivity index (χ2v) is 5.53. The van der Waals surface area contributed by atoms with Crippen molar-refractivity contribution in [1.29, 1.82) is 0 Å². The average molecular weight is 287 g/mol. The van der Waals surface area contributed by atoms with Crippen LogP contribution in [-0.2, 0) is 4.79 Å². The van der Waals surface area contributed by atoms with Crippen molar-refractivity contribution in [3.63, 3.8) is 0 Å². The number of nitrogens with one attached hydrogen (secondary N) is 1. The van der Waals surface area contributed by atoms with E-state index in [9.17, 15) is 4.79 Å². The van der Waals surface area contributed by atoms with Gasteiger partial charge in [-0.3, -0.25) is 4.79 Å². The Morgan fingerprint density at radius 2 is 2.17 bits per heavy atom. The van der Waals surface area contributed by atoms with Crippen molar-refractivity contribution in [2.45, 2.75) is 12.8 Å². The molecule has 1 aromatic carbocycles. The third kappa shape index (κ3) is 3.37. The zero-order valence-electron chi connectivity index (χ0n) is 10.2. The summed E-state index contributed by atoms with van der Waals surface area (Å²) in [6, 6.07) is 5.12. The van der Waals surface area contributed by atoms with Crippen LogP contribution >= 0.6 is 23.2 Å². The number of halogens is 2. The fraction of sp³-hybridized carbons (Fsp3) is 0.462. The number of carbonyl (C=O) groups is 1. The largest absolute Gasteiger partial charge is 0.326 e. The molecule has 1 heterocycles. The fourth-order valence-electron chi connectivity index (χ4n) is 2.20. The zero-order chi connectivity index (χ0) is 13.1. The summed E-state index contributed by atoms with van der Waals surface area (Å²) in [5, 5.41) is 3.84. The van der Waals surface area contributed by atoms with Gasteiger partial charge in [0.2, 0.25) is 5.91 Å². The Balaban J connectivity index is 2.00. The molecular formula is C13H16Cl2N2O. The van der Waals surface area contributed by atoms with Gasteiger partial charge in [-0.05, 0) is 44.6 Å². The Hall–Kier alpha value is -0.770. The van der Waals surface area contributed by atoms with E-state index < -0.39 is 0 Å². The Labute approximate surface area is 117 Å². The highest BCUT2D eigenvalue weighted by atomic mass is 35.5. The van der Waals surface area contributed by atoms with Crippen LogP contribution in [-0.4, -0.2) is 30.9 Å². The molecule has 0 aromatic heterocycles. The second-order valence-electron chi connectivity index (χ2n) is 4.72. The SMILES string of the molecule is CN1CCC[C@@H](C(=O)Nc2ccc(Cl)c(Cl)c2)C1. The van der Waals surface area contributed by atoms with Crippen molar-refractivity contribution < 1.29 is 4.79 Å². The standard InChI is InChI=1S/C13H16Cl2N2O/c1-17-6-2-3-9(8-17)13(18)16-10-4-5-11(14)12(15)7-10/h4-5,7,9H,2-3,6,8H2,1H3,(H,16,18)/t9-/m1/s1. The molecule has 1 amide bonds. The van der Waals surface area contributed by atoms with Gasteiger partial charge in [-0.1, -0.05) is 23.2 Å². The predicted molar refractivity (Wildman–Crippen MR) is 75.3 cm³/mol. The van der Waals surface area contributed by atoms with Crippen LogP contribution in [0.4, 0.5) is 5.69 Å². The van der Waals surface area contributed by atoms with Crippen LogP contribution in [0.1, 0.15) is 12.8 Å². The Morgan fingerprint density at radius 1 is 1.39 bits per heavy atom. The Kier molecular flexibility index (Phi) is 4.49. The lowest BCUT2D eigenvalue weighted by Gasteiger charge is -2.28. The lowest BCUT2D eigenvalue weighted by molar-refractivity contribution is -0.121. The third-order valence-corrected chi connectivity index (χ3v) is 3.92. The van der Waals surface area contributed by atoms with E-state index in [1.807, 2.05) is 7.05 Å². The Morgan fingerprint density at radius 3 is 2.83 bits per heavy atom. The lowest BCUT2D eigenvalue weighted by Crippen LogP contribution is -2.38. The smallest absolute Gasteiger partial charge is 0.228 e. The molecule has 1 aliphatic rings. The maximum absolute atomic E-state index is 12.1. The molecule has 0 bridgehead atoms. The van der Waals surface area contributed by atoms with Gasteiger partial charge in [-0.15, -0.1) is 0 Å². The van der Waals surface area contributed by atoms with Crippen molar-refractivity contribution in [1.82, 2.24) is 4.90 Å². The minimum Gasteiger partial charge on any atom is -0.326 e. The summed E-state index contributed by atoms with van der Waals surface area (Å²) in [4.78, 5) is 14.3. The number of carbonyl (C=O) groups excluding carboxylic acids is 1. The van der Waals surface area contributed by atoms with E-state index in [1.165, 1.54) is 0 Å². The average Bonchev–Trinajstić information content (AvgIpc) is 2.34. The monoisotopic (exact) mass is 286 g/mol. The van der Waals surface area contributed by atoms with Gasteiger partial charge >= 0.3 is 0 Å². The molecule has 1 N–H and O–H groups in total. The number of amides is 1. The first-order chi connectivity index (χ1) is 8.56. The van der Waals surface area contributed by atoms with Gasteiger partial charge in [0, 0.05) is 12.2 Å². The maximum Gasteiger partial charge on any atom is 0.228 e. The van der Waals surface area contributed by atoms with E-state index in [2.05, 4.69) is 10.2 Å². The molecule has 0 unspecified atom stereocenters. The van der Waals surface area contributed by atoms with E-state index in [-0.39, 0.29) is 11.8 Å². The quantitative estimate of drug-likeness (QED) is 0.905. The first kappa shape index (κ1) is 13.7. The molecule has 3 nitrogen and oxygen atoms in total. The molecule has 1 fully saturated rings. The summed E-state index contributed by atoms with van der Waals surface area (Å²) in [6.07, 6.45) is 2.01. The fourth-order valence-corrected chi connectivity index (χ4v) is 2.50. The summed E-state index contributed by atoms with van der Waals surface area (Å²) in [6.45, 7) is 1.88. The summed E-state index contributed by atoms with van der Waals surface area (Å²) in [5.41, 5.74) is 0.697. The molecule has 0 aliphatic carbocycles. The molecule has 0 saturated carbocycles. The third-order valence-electron chi connectivity index (χ3n) is 3.18. The first-order valence-corrected chi connectivity index (χ1v) is 6.76. The highest BCUT2D eigenvalue weighted by Crippen LogP contribution is 2.26. The van der Waals surface area contributed by atoms with E-state index in [0.29, 0.717) is 15.7 Å². The number of benzene rings is 1. The number of hydrogen-bond donors (Lipinski definition) is 1. The topological polar surface area (TPSA) is 32.3 Å². The molecule has 5 heteroatoms. The van der Waals surface area contributed by atoms with Gasteiger partial charge in [-0.2, -0.15) is 0 Å². The molecule has 1 aliphatic heterocycles. The molecule has 1 atom stereocenters. The number of anilines is 1. The van der Waals surface area contributed by atoms with E-state index in [0.717, 1.165) is 25.9 Å². The van der Waals surface area contributed by atoms with Crippen molar-refractivity contribution in [3.05, 3.63) is 28.2 Å². The van der Waals surface area contributed by atoms with E-state index in [4.69, 9.17) is 23.2 Å². The lowest BCUT2D eigenvalue weighted by atomic mass is 9.97. The van der Waals surface area contributed by atoms with Crippen LogP contribution in [0.3, 0.4) is 0 Å². The number of nitrogens with zero attached hydrogens (tertiary/aromatic N) is 1. The van der Waals surface area contributed by atoms with Crippen molar-refractivity contribution in [2.75, 3.05) is 25.5 Å². The predicted octanol–water partition coefficient (Wildman–Crippen LogP) is 3.27. The van der Waals surface area contributed by atoms with E-state index >= 15 is 0 Å². The van der Waals surface area contributed by atoms with Crippen LogP contribution in [0.15, 0.2) is 18.2 Å². The summed E-state index contributed by atoms with van der Waals surface area (Å²) in [7, 11) is 2.04. The zero-order valence-corrected chi connectivity index (χ0v) is 11.8.